The second-order valence-corrected chi connectivity index (χ2v) is 5.36. The summed E-state index contributed by atoms with van der Waals surface area (Å²) in [5.74, 6) is 1.61. The molecule has 2 aromatic rings. The van der Waals surface area contributed by atoms with Crippen LogP contribution in [0.5, 0.6) is 11.5 Å². The second-order valence-electron chi connectivity index (χ2n) is 5.36. The molecule has 0 radical (unpaired) electrons. The second kappa shape index (κ2) is 8.22. The van der Waals surface area contributed by atoms with Crippen molar-refractivity contribution in [2.24, 2.45) is 0 Å². The zero-order chi connectivity index (χ0) is 16.7. The number of methoxy groups -OCH3 is 1. The Balaban J connectivity index is 1.98. The van der Waals surface area contributed by atoms with E-state index in [9.17, 15) is 4.79 Å². The van der Waals surface area contributed by atoms with Crippen molar-refractivity contribution in [2.75, 3.05) is 19.0 Å². The number of anilines is 1. The van der Waals surface area contributed by atoms with Crippen LogP contribution in [0.2, 0.25) is 0 Å². The van der Waals surface area contributed by atoms with E-state index in [0.717, 1.165) is 11.3 Å². The Labute approximate surface area is 137 Å². The SMILES string of the molecule is CCOc1ccccc1NC(=O)CC(C)c1ccc(OC)cc1. The third-order valence-corrected chi connectivity index (χ3v) is 3.64. The van der Waals surface area contributed by atoms with Gasteiger partial charge in [0.05, 0.1) is 19.4 Å². The van der Waals surface area contributed by atoms with Gasteiger partial charge in [-0.3, -0.25) is 4.79 Å². The van der Waals surface area contributed by atoms with E-state index in [4.69, 9.17) is 9.47 Å². The van der Waals surface area contributed by atoms with Gasteiger partial charge in [0.15, 0.2) is 0 Å². The smallest absolute Gasteiger partial charge is 0.225 e. The molecule has 0 aliphatic heterocycles. The zero-order valence-electron chi connectivity index (χ0n) is 13.8. The van der Waals surface area contributed by atoms with Crippen LogP contribution < -0.4 is 14.8 Å². The van der Waals surface area contributed by atoms with Crippen LogP contribution in [0.3, 0.4) is 0 Å². The van der Waals surface area contributed by atoms with E-state index in [1.54, 1.807) is 7.11 Å². The molecular weight excluding hydrogens is 290 g/mol. The molecule has 0 spiro atoms. The number of benzene rings is 2. The first-order valence-corrected chi connectivity index (χ1v) is 7.79. The number of carbonyl (C=O) groups is 1. The van der Waals surface area contributed by atoms with Gasteiger partial charge >= 0.3 is 0 Å². The summed E-state index contributed by atoms with van der Waals surface area (Å²) >= 11 is 0. The van der Waals surface area contributed by atoms with E-state index >= 15 is 0 Å². The number of amides is 1. The number of hydrogen-bond acceptors (Lipinski definition) is 3. The summed E-state index contributed by atoms with van der Waals surface area (Å²) in [6.07, 6.45) is 0.410. The molecule has 0 saturated carbocycles. The van der Waals surface area contributed by atoms with E-state index in [1.165, 1.54) is 0 Å². The highest BCUT2D eigenvalue weighted by atomic mass is 16.5. The van der Waals surface area contributed by atoms with Gasteiger partial charge in [-0.1, -0.05) is 31.2 Å². The van der Waals surface area contributed by atoms with Crippen molar-refractivity contribution in [1.29, 1.82) is 0 Å². The monoisotopic (exact) mass is 313 g/mol. The highest BCUT2D eigenvalue weighted by molar-refractivity contribution is 5.92. The Morgan fingerprint density at radius 3 is 2.48 bits per heavy atom. The summed E-state index contributed by atoms with van der Waals surface area (Å²) in [4.78, 5) is 12.3. The van der Waals surface area contributed by atoms with Crippen molar-refractivity contribution >= 4 is 11.6 Å². The van der Waals surface area contributed by atoms with E-state index in [2.05, 4.69) is 5.32 Å². The molecule has 0 aliphatic rings. The predicted octanol–water partition coefficient (Wildman–Crippen LogP) is 4.23. The molecule has 0 aromatic heterocycles. The molecular formula is C19H23NO3. The molecule has 0 saturated heterocycles. The van der Waals surface area contributed by atoms with E-state index < -0.39 is 0 Å². The van der Waals surface area contributed by atoms with Gasteiger partial charge in [0.2, 0.25) is 5.91 Å². The molecule has 2 aromatic carbocycles. The third kappa shape index (κ3) is 4.74. The lowest BCUT2D eigenvalue weighted by Crippen LogP contribution is -2.15. The van der Waals surface area contributed by atoms with Gasteiger partial charge in [-0.25, -0.2) is 0 Å². The molecule has 0 fully saturated rings. The first kappa shape index (κ1) is 16.9. The van der Waals surface area contributed by atoms with Crippen LogP contribution in [-0.4, -0.2) is 19.6 Å². The van der Waals surface area contributed by atoms with Crippen LogP contribution in [0, 0.1) is 0 Å². The molecule has 1 N–H and O–H groups in total. The van der Waals surface area contributed by atoms with Crippen molar-refractivity contribution in [3.05, 3.63) is 54.1 Å². The number of carbonyl (C=O) groups excluding carboxylic acids is 1. The Morgan fingerprint density at radius 2 is 1.83 bits per heavy atom. The van der Waals surface area contributed by atoms with Crippen LogP contribution >= 0.6 is 0 Å². The molecule has 0 bridgehead atoms. The zero-order valence-corrected chi connectivity index (χ0v) is 13.8. The van der Waals surface area contributed by atoms with Crippen molar-refractivity contribution in [3.8, 4) is 11.5 Å². The van der Waals surface area contributed by atoms with E-state index in [1.807, 2.05) is 62.4 Å². The summed E-state index contributed by atoms with van der Waals surface area (Å²) in [5.41, 5.74) is 1.82. The fourth-order valence-corrected chi connectivity index (χ4v) is 2.38. The Hall–Kier alpha value is -2.49. The first-order valence-electron chi connectivity index (χ1n) is 7.79. The minimum absolute atomic E-state index is 0.0273. The number of nitrogens with one attached hydrogen (secondary N) is 1. The van der Waals surface area contributed by atoms with Gasteiger partial charge in [-0.05, 0) is 42.7 Å². The number of rotatable bonds is 7. The number of para-hydroxylation sites is 2. The van der Waals surface area contributed by atoms with Crippen molar-refractivity contribution in [2.45, 2.75) is 26.2 Å². The van der Waals surface area contributed by atoms with Gasteiger partial charge in [-0.15, -0.1) is 0 Å². The maximum Gasteiger partial charge on any atom is 0.225 e. The summed E-state index contributed by atoms with van der Waals surface area (Å²) in [7, 11) is 1.64. The minimum Gasteiger partial charge on any atom is -0.497 e. The Bertz CT molecular complexity index is 637. The van der Waals surface area contributed by atoms with Crippen LogP contribution in [0.4, 0.5) is 5.69 Å². The summed E-state index contributed by atoms with van der Waals surface area (Å²) < 4.78 is 10.7. The molecule has 1 amide bonds. The molecule has 122 valence electrons. The van der Waals surface area contributed by atoms with E-state index in [-0.39, 0.29) is 11.8 Å². The van der Waals surface area contributed by atoms with Crippen molar-refractivity contribution in [3.63, 3.8) is 0 Å². The van der Waals surface area contributed by atoms with Gasteiger partial charge in [0, 0.05) is 6.42 Å². The average molecular weight is 313 g/mol. The lowest BCUT2D eigenvalue weighted by Gasteiger charge is -2.14. The molecule has 2 rings (SSSR count). The number of hydrogen-bond donors (Lipinski definition) is 1. The highest BCUT2D eigenvalue weighted by Crippen LogP contribution is 2.26. The lowest BCUT2D eigenvalue weighted by molar-refractivity contribution is -0.116. The summed E-state index contributed by atoms with van der Waals surface area (Å²) in [6, 6.07) is 15.3. The maximum absolute atomic E-state index is 12.3. The van der Waals surface area contributed by atoms with Crippen molar-refractivity contribution < 1.29 is 14.3 Å². The fourth-order valence-electron chi connectivity index (χ4n) is 2.38. The quantitative estimate of drug-likeness (QED) is 0.832. The average Bonchev–Trinajstić information content (AvgIpc) is 2.57. The summed E-state index contributed by atoms with van der Waals surface area (Å²) in [6.45, 7) is 4.52. The molecule has 4 heteroatoms. The van der Waals surface area contributed by atoms with Crippen LogP contribution in [0.15, 0.2) is 48.5 Å². The lowest BCUT2D eigenvalue weighted by atomic mass is 9.97. The summed E-state index contributed by atoms with van der Waals surface area (Å²) in [5, 5.41) is 2.93. The van der Waals surface area contributed by atoms with Crippen LogP contribution in [-0.2, 0) is 4.79 Å². The van der Waals surface area contributed by atoms with Gasteiger partial charge < -0.3 is 14.8 Å². The normalized spacial score (nSPS) is 11.6. The van der Waals surface area contributed by atoms with Gasteiger partial charge in [0.1, 0.15) is 11.5 Å². The van der Waals surface area contributed by atoms with Crippen molar-refractivity contribution in [1.82, 2.24) is 0 Å². The van der Waals surface area contributed by atoms with E-state index in [0.29, 0.717) is 24.5 Å². The topological polar surface area (TPSA) is 47.6 Å². The third-order valence-electron chi connectivity index (χ3n) is 3.64. The number of ether oxygens (including phenoxy) is 2. The molecule has 1 unspecified atom stereocenters. The standard InChI is InChI=1S/C19H23NO3/c1-4-23-18-8-6-5-7-17(18)20-19(21)13-14(2)15-9-11-16(22-3)12-10-15/h5-12,14H,4,13H2,1-3H3,(H,20,21). The highest BCUT2D eigenvalue weighted by Gasteiger charge is 2.13. The maximum atomic E-state index is 12.3. The van der Waals surface area contributed by atoms with Gasteiger partial charge in [0.25, 0.3) is 0 Å². The first-order chi connectivity index (χ1) is 11.1. The van der Waals surface area contributed by atoms with Crippen LogP contribution in [0.25, 0.3) is 0 Å². The largest absolute Gasteiger partial charge is 0.497 e. The van der Waals surface area contributed by atoms with Crippen LogP contribution in [0.1, 0.15) is 31.7 Å². The van der Waals surface area contributed by atoms with Gasteiger partial charge in [-0.2, -0.15) is 0 Å². The molecule has 0 heterocycles. The molecule has 23 heavy (non-hydrogen) atoms. The molecule has 0 aliphatic carbocycles. The Kier molecular flexibility index (Phi) is 6.03. The molecule has 4 nitrogen and oxygen atoms in total. The minimum atomic E-state index is -0.0273. The predicted molar refractivity (Wildman–Crippen MR) is 92.3 cm³/mol. The molecule has 1 atom stereocenters. The Morgan fingerprint density at radius 1 is 1.13 bits per heavy atom. The fraction of sp³-hybridized carbons (Fsp3) is 0.316.